The standard InChI is InChI=1S/C16H36N2O/c1-13(2)10-18(11-14(3)4)9-8-16(7,12-19)17-15(5)6/h13-15,17,19H,8-12H2,1-7H3. The van der Waals surface area contributed by atoms with Crippen molar-refractivity contribution in [2.75, 3.05) is 26.2 Å². The van der Waals surface area contributed by atoms with Crippen LogP contribution in [0.1, 0.15) is 54.9 Å². The minimum atomic E-state index is -0.166. The van der Waals surface area contributed by atoms with Crippen molar-refractivity contribution in [1.82, 2.24) is 10.2 Å². The summed E-state index contributed by atoms with van der Waals surface area (Å²) in [6.07, 6.45) is 0.987. The lowest BCUT2D eigenvalue weighted by Gasteiger charge is -2.34. The summed E-state index contributed by atoms with van der Waals surface area (Å²) in [6, 6.07) is 0.404. The molecule has 0 aliphatic heterocycles. The Hall–Kier alpha value is -0.120. The van der Waals surface area contributed by atoms with Crippen molar-refractivity contribution in [1.29, 1.82) is 0 Å². The molecule has 116 valence electrons. The second-order valence-electron chi connectivity index (χ2n) is 7.32. The van der Waals surface area contributed by atoms with Crippen LogP contribution in [-0.2, 0) is 0 Å². The topological polar surface area (TPSA) is 35.5 Å². The van der Waals surface area contributed by atoms with Crippen LogP contribution in [0, 0.1) is 11.8 Å². The summed E-state index contributed by atoms with van der Waals surface area (Å²) in [5.41, 5.74) is -0.166. The fourth-order valence-electron chi connectivity index (χ4n) is 2.59. The normalized spacial score (nSPS) is 15.8. The number of nitrogens with one attached hydrogen (secondary N) is 1. The van der Waals surface area contributed by atoms with Crippen molar-refractivity contribution in [3.8, 4) is 0 Å². The van der Waals surface area contributed by atoms with Crippen molar-refractivity contribution < 1.29 is 5.11 Å². The van der Waals surface area contributed by atoms with Gasteiger partial charge in [-0.15, -0.1) is 0 Å². The third-order valence-electron chi connectivity index (χ3n) is 3.21. The van der Waals surface area contributed by atoms with Crippen molar-refractivity contribution in [2.45, 2.75) is 66.5 Å². The van der Waals surface area contributed by atoms with E-state index >= 15 is 0 Å². The summed E-state index contributed by atoms with van der Waals surface area (Å²) in [6.45, 7) is 19.0. The van der Waals surface area contributed by atoms with Crippen LogP contribution in [-0.4, -0.2) is 47.8 Å². The molecule has 0 spiro atoms. The Kier molecular flexibility index (Phi) is 8.88. The number of hydrogen-bond donors (Lipinski definition) is 2. The van der Waals surface area contributed by atoms with Gasteiger partial charge in [0.1, 0.15) is 0 Å². The molecule has 0 rings (SSSR count). The lowest BCUT2D eigenvalue weighted by atomic mass is 9.97. The molecule has 0 saturated heterocycles. The number of rotatable bonds is 10. The van der Waals surface area contributed by atoms with Gasteiger partial charge in [0.2, 0.25) is 0 Å². The first-order chi connectivity index (χ1) is 8.68. The summed E-state index contributed by atoms with van der Waals surface area (Å²) in [4.78, 5) is 2.53. The Morgan fingerprint density at radius 1 is 1.00 bits per heavy atom. The van der Waals surface area contributed by atoms with E-state index in [4.69, 9.17) is 0 Å². The maximum absolute atomic E-state index is 9.63. The molecule has 3 heteroatoms. The van der Waals surface area contributed by atoms with Gasteiger partial charge >= 0.3 is 0 Å². The second-order valence-corrected chi connectivity index (χ2v) is 7.32. The van der Waals surface area contributed by atoms with Gasteiger partial charge in [-0.1, -0.05) is 41.5 Å². The summed E-state index contributed by atoms with van der Waals surface area (Å²) in [5, 5.41) is 13.1. The van der Waals surface area contributed by atoms with E-state index in [0.29, 0.717) is 17.9 Å². The minimum absolute atomic E-state index is 0.166. The minimum Gasteiger partial charge on any atom is -0.394 e. The molecule has 2 N–H and O–H groups in total. The molecule has 0 aliphatic carbocycles. The van der Waals surface area contributed by atoms with Crippen LogP contribution < -0.4 is 5.32 Å². The number of aliphatic hydroxyl groups is 1. The zero-order valence-electron chi connectivity index (χ0n) is 14.2. The first-order valence-corrected chi connectivity index (χ1v) is 7.79. The van der Waals surface area contributed by atoms with E-state index in [0.717, 1.165) is 26.1 Å². The first-order valence-electron chi connectivity index (χ1n) is 7.79. The summed E-state index contributed by atoms with van der Waals surface area (Å²) in [5.74, 6) is 1.38. The predicted octanol–water partition coefficient (Wildman–Crippen LogP) is 2.74. The fourth-order valence-corrected chi connectivity index (χ4v) is 2.59. The van der Waals surface area contributed by atoms with E-state index in [2.05, 4.69) is 58.7 Å². The van der Waals surface area contributed by atoms with E-state index in [1.165, 1.54) is 0 Å². The Morgan fingerprint density at radius 2 is 1.47 bits per heavy atom. The highest BCUT2D eigenvalue weighted by Crippen LogP contribution is 2.13. The Labute approximate surface area is 120 Å². The smallest absolute Gasteiger partial charge is 0.0611 e. The monoisotopic (exact) mass is 272 g/mol. The lowest BCUT2D eigenvalue weighted by molar-refractivity contribution is 0.129. The molecule has 1 unspecified atom stereocenters. The van der Waals surface area contributed by atoms with Gasteiger partial charge in [-0.25, -0.2) is 0 Å². The molecule has 0 heterocycles. The first kappa shape index (κ1) is 18.9. The van der Waals surface area contributed by atoms with Gasteiger partial charge in [0.25, 0.3) is 0 Å². The quantitative estimate of drug-likeness (QED) is 0.642. The predicted molar refractivity (Wildman–Crippen MR) is 84.5 cm³/mol. The molecule has 0 fully saturated rings. The van der Waals surface area contributed by atoms with Crippen LogP contribution in [0.15, 0.2) is 0 Å². The third-order valence-corrected chi connectivity index (χ3v) is 3.21. The molecule has 19 heavy (non-hydrogen) atoms. The SMILES string of the molecule is CC(C)CN(CCC(C)(CO)NC(C)C)CC(C)C. The van der Waals surface area contributed by atoms with Crippen LogP contribution in [0.4, 0.5) is 0 Å². The van der Waals surface area contributed by atoms with Gasteiger partial charge < -0.3 is 15.3 Å². The van der Waals surface area contributed by atoms with Gasteiger partial charge in [0.15, 0.2) is 0 Å². The van der Waals surface area contributed by atoms with Crippen molar-refractivity contribution in [3.63, 3.8) is 0 Å². The third kappa shape index (κ3) is 9.42. The van der Waals surface area contributed by atoms with E-state index < -0.39 is 0 Å². The second kappa shape index (κ2) is 8.93. The molecule has 0 radical (unpaired) electrons. The van der Waals surface area contributed by atoms with Gasteiger partial charge in [-0.05, 0) is 31.7 Å². The molecule has 0 aromatic rings. The maximum Gasteiger partial charge on any atom is 0.0611 e. The zero-order chi connectivity index (χ0) is 15.1. The molecule has 0 aliphatic rings. The van der Waals surface area contributed by atoms with Crippen LogP contribution in [0.25, 0.3) is 0 Å². The maximum atomic E-state index is 9.63. The highest BCUT2D eigenvalue weighted by Gasteiger charge is 2.24. The molecule has 0 saturated carbocycles. The average molecular weight is 272 g/mol. The lowest BCUT2D eigenvalue weighted by Crippen LogP contribution is -2.51. The highest BCUT2D eigenvalue weighted by molar-refractivity contribution is 4.85. The van der Waals surface area contributed by atoms with Gasteiger partial charge in [-0.2, -0.15) is 0 Å². The number of hydrogen-bond acceptors (Lipinski definition) is 3. The Balaban J connectivity index is 4.40. The van der Waals surface area contributed by atoms with Crippen molar-refractivity contribution in [3.05, 3.63) is 0 Å². The van der Waals surface area contributed by atoms with Crippen LogP contribution in [0.2, 0.25) is 0 Å². The van der Waals surface area contributed by atoms with Crippen LogP contribution in [0.3, 0.4) is 0 Å². The average Bonchev–Trinajstić information content (AvgIpc) is 2.23. The Morgan fingerprint density at radius 3 is 1.79 bits per heavy atom. The molecule has 0 aromatic carbocycles. The van der Waals surface area contributed by atoms with E-state index in [-0.39, 0.29) is 12.1 Å². The molecule has 0 amide bonds. The van der Waals surface area contributed by atoms with Gasteiger partial charge in [0.05, 0.1) is 6.61 Å². The summed E-state index contributed by atoms with van der Waals surface area (Å²) in [7, 11) is 0. The van der Waals surface area contributed by atoms with Crippen molar-refractivity contribution in [2.24, 2.45) is 11.8 Å². The molecule has 3 nitrogen and oxygen atoms in total. The number of nitrogens with zero attached hydrogens (tertiary/aromatic N) is 1. The Bertz CT molecular complexity index is 219. The van der Waals surface area contributed by atoms with E-state index in [1.54, 1.807) is 0 Å². The van der Waals surface area contributed by atoms with Crippen LogP contribution >= 0.6 is 0 Å². The molecular formula is C16H36N2O. The van der Waals surface area contributed by atoms with Gasteiger partial charge in [-0.3, -0.25) is 0 Å². The molecule has 1 atom stereocenters. The zero-order valence-corrected chi connectivity index (χ0v) is 14.2. The summed E-state index contributed by atoms with van der Waals surface area (Å²) < 4.78 is 0. The van der Waals surface area contributed by atoms with E-state index in [9.17, 15) is 5.11 Å². The van der Waals surface area contributed by atoms with Crippen molar-refractivity contribution >= 4 is 0 Å². The van der Waals surface area contributed by atoms with Crippen LogP contribution in [0.5, 0.6) is 0 Å². The molecule has 0 bridgehead atoms. The summed E-state index contributed by atoms with van der Waals surface area (Å²) >= 11 is 0. The fraction of sp³-hybridized carbons (Fsp3) is 1.00. The van der Waals surface area contributed by atoms with E-state index in [1.807, 2.05) is 0 Å². The molecule has 0 aromatic heterocycles. The number of aliphatic hydroxyl groups excluding tert-OH is 1. The highest BCUT2D eigenvalue weighted by atomic mass is 16.3. The largest absolute Gasteiger partial charge is 0.394 e. The van der Waals surface area contributed by atoms with Gasteiger partial charge in [0, 0.05) is 24.7 Å². The molecular weight excluding hydrogens is 236 g/mol.